The first-order valence-electron chi connectivity index (χ1n) is 7.57. The van der Waals surface area contributed by atoms with Crippen LogP contribution in [0.15, 0.2) is 47.1 Å². The van der Waals surface area contributed by atoms with E-state index in [1.165, 1.54) is 6.26 Å². The van der Waals surface area contributed by atoms with Crippen molar-refractivity contribution in [2.45, 2.75) is 32.4 Å². The van der Waals surface area contributed by atoms with Crippen molar-refractivity contribution < 1.29 is 14.0 Å². The van der Waals surface area contributed by atoms with Crippen LogP contribution >= 0.6 is 0 Å². The summed E-state index contributed by atoms with van der Waals surface area (Å²) < 4.78 is 5.03. The van der Waals surface area contributed by atoms with Gasteiger partial charge >= 0.3 is 0 Å². The van der Waals surface area contributed by atoms with E-state index < -0.39 is 6.04 Å². The highest BCUT2D eigenvalue weighted by Crippen LogP contribution is 2.12. The molecule has 0 spiro atoms. The molecule has 1 heterocycles. The molecule has 0 fully saturated rings. The summed E-state index contributed by atoms with van der Waals surface area (Å²) in [5.74, 6) is -0.199. The first-order valence-corrected chi connectivity index (χ1v) is 7.57. The van der Waals surface area contributed by atoms with E-state index in [9.17, 15) is 9.59 Å². The number of benzene rings is 1. The summed E-state index contributed by atoms with van der Waals surface area (Å²) in [5.41, 5.74) is 7.33. The predicted molar refractivity (Wildman–Crippen MR) is 87.8 cm³/mol. The minimum absolute atomic E-state index is 0.151. The molecule has 0 bridgehead atoms. The first-order chi connectivity index (χ1) is 11.1. The van der Waals surface area contributed by atoms with Gasteiger partial charge in [0.2, 0.25) is 5.91 Å². The van der Waals surface area contributed by atoms with Gasteiger partial charge in [-0.2, -0.15) is 0 Å². The number of nitrogens with two attached hydrogens (primary N) is 1. The van der Waals surface area contributed by atoms with Crippen LogP contribution in [0.2, 0.25) is 0 Å². The summed E-state index contributed by atoms with van der Waals surface area (Å²) in [4.78, 5) is 23.6. The van der Waals surface area contributed by atoms with Crippen molar-refractivity contribution in [2.75, 3.05) is 5.32 Å². The predicted octanol–water partition coefficient (Wildman–Crippen LogP) is 2.28. The average molecular weight is 315 g/mol. The molecule has 0 saturated carbocycles. The van der Waals surface area contributed by atoms with Crippen LogP contribution in [-0.4, -0.2) is 17.9 Å². The number of carbonyl (C=O) groups is 2. The number of hydrogen-bond donors (Lipinski definition) is 3. The van der Waals surface area contributed by atoms with Gasteiger partial charge in [0.1, 0.15) is 0 Å². The lowest BCUT2D eigenvalue weighted by Crippen LogP contribution is -2.40. The van der Waals surface area contributed by atoms with Crippen LogP contribution in [-0.2, 0) is 11.3 Å². The highest BCUT2D eigenvalue weighted by Gasteiger charge is 2.11. The lowest BCUT2D eigenvalue weighted by Gasteiger charge is -2.11. The summed E-state index contributed by atoms with van der Waals surface area (Å²) >= 11 is 0. The van der Waals surface area contributed by atoms with Crippen molar-refractivity contribution in [1.82, 2.24) is 5.32 Å². The smallest absolute Gasteiger partial charge is 0.291 e. The van der Waals surface area contributed by atoms with Crippen LogP contribution < -0.4 is 16.4 Å². The molecular formula is C17H21N3O3. The molecule has 0 saturated heterocycles. The summed E-state index contributed by atoms with van der Waals surface area (Å²) in [6.07, 6.45) is 2.99. The van der Waals surface area contributed by atoms with Crippen LogP contribution in [0, 0.1) is 0 Å². The number of rotatable bonds is 7. The number of amides is 2. The Bertz CT molecular complexity index is 636. The Morgan fingerprint density at radius 3 is 2.57 bits per heavy atom. The highest BCUT2D eigenvalue weighted by atomic mass is 16.3. The van der Waals surface area contributed by atoms with Gasteiger partial charge in [0.15, 0.2) is 5.76 Å². The number of furan rings is 1. The quantitative estimate of drug-likeness (QED) is 0.730. The molecule has 2 aromatic rings. The third-order valence-electron chi connectivity index (χ3n) is 3.36. The molecule has 4 N–H and O–H groups in total. The maximum atomic E-state index is 11.8. The fourth-order valence-electron chi connectivity index (χ4n) is 2.07. The van der Waals surface area contributed by atoms with E-state index >= 15 is 0 Å². The SMILES string of the molecule is CCCC(N)C(=O)NCc1ccc(NC(=O)c2ccco2)cc1. The number of nitrogens with one attached hydrogen (secondary N) is 2. The number of carbonyl (C=O) groups excluding carboxylic acids is 2. The number of anilines is 1. The molecule has 1 aromatic heterocycles. The summed E-state index contributed by atoms with van der Waals surface area (Å²) in [6, 6.07) is 10.0. The lowest BCUT2D eigenvalue weighted by molar-refractivity contribution is -0.122. The summed E-state index contributed by atoms with van der Waals surface area (Å²) in [6.45, 7) is 2.39. The molecular weight excluding hydrogens is 294 g/mol. The van der Waals surface area contributed by atoms with Crippen molar-refractivity contribution in [3.8, 4) is 0 Å². The minimum atomic E-state index is -0.466. The minimum Gasteiger partial charge on any atom is -0.459 e. The Morgan fingerprint density at radius 2 is 1.96 bits per heavy atom. The normalized spacial score (nSPS) is 11.7. The molecule has 0 radical (unpaired) electrons. The molecule has 122 valence electrons. The van der Waals surface area contributed by atoms with E-state index in [1.807, 2.05) is 19.1 Å². The maximum Gasteiger partial charge on any atom is 0.291 e. The zero-order valence-corrected chi connectivity index (χ0v) is 13.0. The monoisotopic (exact) mass is 315 g/mol. The Labute approximate surface area is 135 Å². The van der Waals surface area contributed by atoms with Gasteiger partial charge in [-0.3, -0.25) is 9.59 Å². The fourth-order valence-corrected chi connectivity index (χ4v) is 2.07. The van der Waals surface area contributed by atoms with Crippen LogP contribution in [0.1, 0.15) is 35.9 Å². The van der Waals surface area contributed by atoms with E-state index in [0.29, 0.717) is 18.7 Å². The van der Waals surface area contributed by atoms with E-state index in [0.717, 1.165) is 12.0 Å². The third-order valence-corrected chi connectivity index (χ3v) is 3.36. The molecule has 23 heavy (non-hydrogen) atoms. The molecule has 0 aliphatic rings. The van der Waals surface area contributed by atoms with Gasteiger partial charge in [0.25, 0.3) is 5.91 Å². The van der Waals surface area contributed by atoms with E-state index in [4.69, 9.17) is 10.2 Å². The molecule has 2 rings (SSSR count). The molecule has 0 aliphatic heterocycles. The second-order valence-corrected chi connectivity index (χ2v) is 5.24. The first kappa shape index (κ1) is 16.8. The third kappa shape index (κ3) is 4.96. The van der Waals surface area contributed by atoms with Crippen LogP contribution in [0.4, 0.5) is 5.69 Å². The second-order valence-electron chi connectivity index (χ2n) is 5.24. The molecule has 1 unspecified atom stereocenters. The van der Waals surface area contributed by atoms with Crippen molar-refractivity contribution in [3.05, 3.63) is 54.0 Å². The van der Waals surface area contributed by atoms with E-state index in [-0.39, 0.29) is 17.6 Å². The van der Waals surface area contributed by atoms with Crippen molar-refractivity contribution >= 4 is 17.5 Å². The Balaban J connectivity index is 1.85. The standard InChI is InChI=1S/C17H21N3O3/c1-2-4-14(18)16(21)19-11-12-6-8-13(9-7-12)20-17(22)15-5-3-10-23-15/h3,5-10,14H,2,4,11,18H2,1H3,(H,19,21)(H,20,22). The number of hydrogen-bond acceptors (Lipinski definition) is 4. The highest BCUT2D eigenvalue weighted by molar-refractivity contribution is 6.02. The Kier molecular flexibility index (Phi) is 5.94. The molecule has 6 nitrogen and oxygen atoms in total. The average Bonchev–Trinajstić information content (AvgIpc) is 3.08. The zero-order valence-electron chi connectivity index (χ0n) is 13.0. The summed E-state index contributed by atoms with van der Waals surface area (Å²) in [5, 5.41) is 5.53. The van der Waals surface area contributed by atoms with Gasteiger partial charge in [0, 0.05) is 12.2 Å². The van der Waals surface area contributed by atoms with Gasteiger partial charge in [-0.05, 0) is 36.2 Å². The Hall–Kier alpha value is -2.60. The van der Waals surface area contributed by atoms with Gasteiger partial charge in [-0.15, -0.1) is 0 Å². The van der Waals surface area contributed by atoms with Crippen molar-refractivity contribution in [2.24, 2.45) is 5.73 Å². The Morgan fingerprint density at radius 1 is 1.22 bits per heavy atom. The second kappa shape index (κ2) is 8.14. The molecule has 0 aliphatic carbocycles. The van der Waals surface area contributed by atoms with Gasteiger partial charge in [0.05, 0.1) is 12.3 Å². The molecule has 2 amide bonds. The van der Waals surface area contributed by atoms with Crippen LogP contribution in [0.3, 0.4) is 0 Å². The van der Waals surface area contributed by atoms with Crippen LogP contribution in [0.5, 0.6) is 0 Å². The zero-order chi connectivity index (χ0) is 16.7. The summed E-state index contributed by atoms with van der Waals surface area (Å²) in [7, 11) is 0. The molecule has 6 heteroatoms. The molecule has 1 aromatic carbocycles. The van der Waals surface area contributed by atoms with Crippen LogP contribution in [0.25, 0.3) is 0 Å². The van der Waals surface area contributed by atoms with E-state index in [1.54, 1.807) is 24.3 Å². The topological polar surface area (TPSA) is 97.4 Å². The van der Waals surface area contributed by atoms with Gasteiger partial charge in [-0.1, -0.05) is 25.5 Å². The van der Waals surface area contributed by atoms with Crippen molar-refractivity contribution in [1.29, 1.82) is 0 Å². The fraction of sp³-hybridized carbons (Fsp3) is 0.294. The van der Waals surface area contributed by atoms with E-state index in [2.05, 4.69) is 10.6 Å². The van der Waals surface area contributed by atoms with Gasteiger partial charge in [-0.25, -0.2) is 0 Å². The van der Waals surface area contributed by atoms with Crippen molar-refractivity contribution in [3.63, 3.8) is 0 Å². The largest absolute Gasteiger partial charge is 0.459 e. The molecule has 1 atom stereocenters. The van der Waals surface area contributed by atoms with Gasteiger partial charge < -0.3 is 20.8 Å². The maximum absolute atomic E-state index is 11.8. The lowest BCUT2D eigenvalue weighted by atomic mass is 10.1.